The molecule has 1 fully saturated rings. The quantitative estimate of drug-likeness (QED) is 0.648. The highest BCUT2D eigenvalue weighted by Gasteiger charge is 2.38. The fourth-order valence-corrected chi connectivity index (χ4v) is 4.64. The summed E-state index contributed by atoms with van der Waals surface area (Å²) >= 11 is 0. The van der Waals surface area contributed by atoms with Crippen LogP contribution in [0.5, 0.6) is 0 Å². The number of amides is 1. The summed E-state index contributed by atoms with van der Waals surface area (Å²) in [6.07, 6.45) is 2.10. The van der Waals surface area contributed by atoms with Crippen LogP contribution >= 0.6 is 0 Å². The second-order valence-electron chi connectivity index (χ2n) is 6.49. The fraction of sp³-hybridized carbons (Fsp3) is 0.867. The minimum absolute atomic E-state index is 0.0296. The average Bonchev–Trinajstić information content (AvgIpc) is 2.92. The van der Waals surface area contributed by atoms with Crippen molar-refractivity contribution >= 4 is 21.9 Å². The number of carboxylic acid groups (broad SMARTS) is 1. The van der Waals surface area contributed by atoms with Gasteiger partial charge in [0, 0.05) is 13.1 Å². The lowest BCUT2D eigenvalue weighted by molar-refractivity contribution is -0.142. The number of carbonyl (C=O) groups is 2. The van der Waals surface area contributed by atoms with Gasteiger partial charge in [0.15, 0.2) is 0 Å². The largest absolute Gasteiger partial charge is 0.481 e. The third-order valence-corrected chi connectivity index (χ3v) is 6.03. The Bertz CT molecular complexity index is 518. The Labute approximate surface area is 138 Å². The molecule has 1 aliphatic heterocycles. The van der Waals surface area contributed by atoms with Crippen LogP contribution in [0.1, 0.15) is 46.5 Å². The van der Waals surface area contributed by atoms with Crippen LogP contribution in [0.25, 0.3) is 0 Å². The molecule has 1 aliphatic rings. The lowest BCUT2D eigenvalue weighted by Gasteiger charge is -2.24. The molecule has 0 saturated carbocycles. The van der Waals surface area contributed by atoms with Gasteiger partial charge in [0.05, 0.1) is 11.7 Å². The van der Waals surface area contributed by atoms with E-state index >= 15 is 0 Å². The minimum Gasteiger partial charge on any atom is -0.481 e. The molecule has 134 valence electrons. The van der Waals surface area contributed by atoms with Crippen LogP contribution in [0.15, 0.2) is 0 Å². The summed E-state index contributed by atoms with van der Waals surface area (Å²) in [7, 11) is -3.42. The third kappa shape index (κ3) is 5.76. The summed E-state index contributed by atoms with van der Waals surface area (Å²) in [6.45, 7) is 6.02. The number of rotatable bonds is 9. The number of carbonyl (C=O) groups excluding carboxylic acids is 1. The maximum atomic E-state index is 12.3. The van der Waals surface area contributed by atoms with E-state index in [1.165, 1.54) is 4.31 Å². The molecule has 2 unspecified atom stereocenters. The van der Waals surface area contributed by atoms with E-state index in [1.54, 1.807) is 6.92 Å². The number of carboxylic acids is 1. The lowest BCUT2D eigenvalue weighted by Crippen LogP contribution is -2.48. The van der Waals surface area contributed by atoms with Gasteiger partial charge >= 0.3 is 5.97 Å². The number of nitrogens with zero attached hydrogens (tertiary/aromatic N) is 1. The first-order chi connectivity index (χ1) is 10.7. The summed E-state index contributed by atoms with van der Waals surface area (Å²) in [5, 5.41) is 11.8. The van der Waals surface area contributed by atoms with Gasteiger partial charge in [-0.25, -0.2) is 8.42 Å². The van der Waals surface area contributed by atoms with Crippen molar-refractivity contribution < 1.29 is 23.1 Å². The molecule has 0 aliphatic carbocycles. The molecule has 23 heavy (non-hydrogen) atoms. The summed E-state index contributed by atoms with van der Waals surface area (Å²) in [5.41, 5.74) is 0. The van der Waals surface area contributed by atoms with Crippen LogP contribution in [0.3, 0.4) is 0 Å². The van der Waals surface area contributed by atoms with E-state index in [0.717, 1.165) is 0 Å². The summed E-state index contributed by atoms with van der Waals surface area (Å²) in [5.74, 6) is -1.75. The standard InChI is InChI=1S/C15H28N2O5S/c1-4-8-23(21,22)17-7-5-6-13(17)14(18)16-10-12(15(19)20)9-11(2)3/h11-13H,4-10H2,1-3H3,(H,16,18)(H,19,20). The van der Waals surface area contributed by atoms with E-state index in [4.69, 9.17) is 0 Å². The summed E-state index contributed by atoms with van der Waals surface area (Å²) in [4.78, 5) is 23.5. The molecule has 0 radical (unpaired) electrons. The Morgan fingerprint density at radius 3 is 2.52 bits per heavy atom. The molecule has 1 heterocycles. The first kappa shape index (κ1) is 19.9. The number of nitrogens with one attached hydrogen (secondary N) is 1. The molecule has 8 heteroatoms. The molecule has 0 spiro atoms. The molecule has 0 aromatic rings. The molecular weight excluding hydrogens is 320 g/mol. The number of hydrogen-bond acceptors (Lipinski definition) is 4. The van der Waals surface area contributed by atoms with E-state index in [-0.39, 0.29) is 18.2 Å². The van der Waals surface area contributed by atoms with Gasteiger partial charge in [0.25, 0.3) is 0 Å². The van der Waals surface area contributed by atoms with Gasteiger partial charge in [-0.2, -0.15) is 4.31 Å². The first-order valence-electron chi connectivity index (χ1n) is 8.19. The van der Waals surface area contributed by atoms with E-state index in [9.17, 15) is 23.1 Å². The van der Waals surface area contributed by atoms with E-state index in [1.807, 2.05) is 13.8 Å². The predicted octanol–water partition coefficient (Wildman–Crippen LogP) is 1.05. The zero-order valence-corrected chi connectivity index (χ0v) is 14.9. The van der Waals surface area contributed by atoms with Crippen molar-refractivity contribution in [2.24, 2.45) is 11.8 Å². The monoisotopic (exact) mass is 348 g/mol. The predicted molar refractivity (Wildman–Crippen MR) is 87.4 cm³/mol. The molecule has 0 aromatic heterocycles. The van der Waals surface area contributed by atoms with Gasteiger partial charge in [-0.15, -0.1) is 0 Å². The Balaban J connectivity index is 2.67. The van der Waals surface area contributed by atoms with Gasteiger partial charge in [-0.3, -0.25) is 9.59 Å². The molecule has 1 saturated heterocycles. The second kappa shape index (κ2) is 8.63. The molecule has 0 bridgehead atoms. The molecular formula is C15H28N2O5S. The Morgan fingerprint density at radius 1 is 1.35 bits per heavy atom. The van der Waals surface area contributed by atoms with E-state index < -0.39 is 33.9 Å². The van der Waals surface area contributed by atoms with Crippen LogP contribution < -0.4 is 5.32 Å². The Kier molecular flexibility index (Phi) is 7.47. The highest BCUT2D eigenvalue weighted by molar-refractivity contribution is 7.89. The molecule has 7 nitrogen and oxygen atoms in total. The van der Waals surface area contributed by atoms with Crippen LogP contribution in [0.4, 0.5) is 0 Å². The topological polar surface area (TPSA) is 104 Å². The number of aliphatic carboxylic acids is 1. The second-order valence-corrected chi connectivity index (χ2v) is 8.54. The van der Waals surface area contributed by atoms with Gasteiger partial charge in [0.1, 0.15) is 6.04 Å². The Hall–Kier alpha value is -1.15. The van der Waals surface area contributed by atoms with Crippen molar-refractivity contribution in [3.63, 3.8) is 0 Å². The highest BCUT2D eigenvalue weighted by Crippen LogP contribution is 2.22. The van der Waals surface area contributed by atoms with Gasteiger partial charge in [-0.1, -0.05) is 20.8 Å². The summed E-state index contributed by atoms with van der Waals surface area (Å²) in [6, 6.07) is -0.708. The van der Waals surface area contributed by atoms with Crippen LogP contribution in [-0.2, 0) is 19.6 Å². The zero-order chi connectivity index (χ0) is 17.6. The average molecular weight is 348 g/mol. The van der Waals surface area contributed by atoms with Gasteiger partial charge < -0.3 is 10.4 Å². The van der Waals surface area contributed by atoms with Crippen molar-refractivity contribution in [1.29, 1.82) is 0 Å². The van der Waals surface area contributed by atoms with Gasteiger partial charge in [0.2, 0.25) is 15.9 Å². The zero-order valence-electron chi connectivity index (χ0n) is 14.1. The number of sulfonamides is 1. The maximum absolute atomic E-state index is 12.3. The third-order valence-electron chi connectivity index (χ3n) is 3.95. The SMILES string of the molecule is CCCS(=O)(=O)N1CCCC1C(=O)NCC(CC(C)C)C(=O)O. The molecule has 1 rings (SSSR count). The molecule has 2 atom stereocenters. The fourth-order valence-electron chi connectivity index (χ4n) is 2.89. The maximum Gasteiger partial charge on any atom is 0.308 e. The molecule has 1 amide bonds. The molecule has 0 aromatic carbocycles. The van der Waals surface area contributed by atoms with E-state index in [2.05, 4.69) is 5.32 Å². The molecule has 2 N–H and O–H groups in total. The van der Waals surface area contributed by atoms with Crippen molar-refractivity contribution in [2.75, 3.05) is 18.8 Å². The lowest BCUT2D eigenvalue weighted by atomic mass is 9.97. The van der Waals surface area contributed by atoms with Crippen LogP contribution in [0, 0.1) is 11.8 Å². The van der Waals surface area contributed by atoms with Gasteiger partial charge in [-0.05, 0) is 31.6 Å². The first-order valence-corrected chi connectivity index (χ1v) is 9.80. The smallest absolute Gasteiger partial charge is 0.308 e. The van der Waals surface area contributed by atoms with E-state index in [0.29, 0.717) is 32.2 Å². The van der Waals surface area contributed by atoms with Crippen molar-refractivity contribution in [3.8, 4) is 0 Å². The summed E-state index contributed by atoms with van der Waals surface area (Å²) < 4.78 is 25.7. The number of hydrogen-bond donors (Lipinski definition) is 2. The van der Waals surface area contributed by atoms with Crippen molar-refractivity contribution in [3.05, 3.63) is 0 Å². The van der Waals surface area contributed by atoms with Crippen molar-refractivity contribution in [1.82, 2.24) is 9.62 Å². The minimum atomic E-state index is -3.42. The van der Waals surface area contributed by atoms with Crippen LogP contribution in [-0.4, -0.2) is 54.6 Å². The normalized spacial score (nSPS) is 20.6. The van der Waals surface area contributed by atoms with Crippen LogP contribution in [0.2, 0.25) is 0 Å². The van der Waals surface area contributed by atoms with Crippen molar-refractivity contribution in [2.45, 2.75) is 52.5 Å². The Morgan fingerprint density at radius 2 is 2.00 bits per heavy atom. The highest BCUT2D eigenvalue weighted by atomic mass is 32.2.